The minimum Gasteiger partial charge on any atom is -0.411 e. The number of aryl methyl sites for hydroxylation is 1. The number of aromatic nitrogens is 3. The third kappa shape index (κ3) is 4.90. The van der Waals surface area contributed by atoms with Crippen molar-refractivity contribution in [1.29, 1.82) is 0 Å². The minimum atomic E-state index is -3.58. The van der Waals surface area contributed by atoms with Gasteiger partial charge in [-0.3, -0.25) is 4.57 Å². The van der Waals surface area contributed by atoms with Gasteiger partial charge in [-0.25, -0.2) is 13.2 Å². The molecule has 2 aromatic heterocycles. The van der Waals surface area contributed by atoms with Crippen molar-refractivity contribution in [1.82, 2.24) is 19.1 Å². The van der Waals surface area contributed by atoms with Gasteiger partial charge in [0, 0.05) is 31.0 Å². The summed E-state index contributed by atoms with van der Waals surface area (Å²) in [7, 11) is -3.58. The largest absolute Gasteiger partial charge is 0.419 e. The maximum absolute atomic E-state index is 12.8. The van der Waals surface area contributed by atoms with Crippen molar-refractivity contribution in [3.8, 4) is 11.5 Å². The number of hydrogen-bond donors (Lipinski definition) is 0. The zero-order valence-corrected chi connectivity index (χ0v) is 19.9. The summed E-state index contributed by atoms with van der Waals surface area (Å²) in [5, 5.41) is 8.50. The first kappa shape index (κ1) is 23.3. The molecule has 4 aromatic rings. The molecule has 2 heterocycles. The molecule has 0 saturated heterocycles. The molecule has 0 aliphatic carbocycles. The first-order valence-corrected chi connectivity index (χ1v) is 13.0. The van der Waals surface area contributed by atoms with Crippen LogP contribution in [0.4, 0.5) is 0 Å². The van der Waals surface area contributed by atoms with E-state index in [0.717, 1.165) is 5.52 Å². The zero-order chi connectivity index (χ0) is 23.4. The second-order valence-electron chi connectivity index (χ2n) is 7.18. The number of fused-ring (bicyclic) bond motifs is 1. The third-order valence-corrected chi connectivity index (χ3v) is 8.11. The number of thioether (sulfide) groups is 1. The van der Waals surface area contributed by atoms with Crippen LogP contribution in [0.25, 0.3) is 22.6 Å². The molecule has 11 heteroatoms. The summed E-state index contributed by atoms with van der Waals surface area (Å²) in [6, 6.07) is 13.8. The van der Waals surface area contributed by atoms with Crippen molar-refractivity contribution in [2.45, 2.75) is 36.9 Å². The molecule has 0 N–H and O–H groups in total. The number of rotatable bonds is 10. The number of nitrogens with zero attached hydrogens (tertiary/aromatic N) is 4. The quantitative estimate of drug-likeness (QED) is 0.244. The van der Waals surface area contributed by atoms with Crippen LogP contribution in [0.3, 0.4) is 0 Å². The van der Waals surface area contributed by atoms with E-state index in [1.54, 1.807) is 48.7 Å². The van der Waals surface area contributed by atoms with Gasteiger partial charge in [0.05, 0.1) is 10.4 Å². The van der Waals surface area contributed by atoms with Gasteiger partial charge in [-0.05, 0) is 36.8 Å². The van der Waals surface area contributed by atoms with E-state index in [9.17, 15) is 13.2 Å². The average Bonchev–Trinajstić information content (AvgIpc) is 3.41. The van der Waals surface area contributed by atoms with Gasteiger partial charge in [0.1, 0.15) is 0 Å². The number of oxazole rings is 1. The van der Waals surface area contributed by atoms with Crippen LogP contribution in [-0.4, -0.2) is 46.3 Å². The monoisotopic (exact) mass is 488 g/mol. The Kier molecular flexibility index (Phi) is 7.01. The Morgan fingerprint density at radius 1 is 1.03 bits per heavy atom. The standard InChI is InChI=1S/C22H24N4O5S2/c1-3-25(4-2)33(28,29)17-10-7-9-16(15-17)20-23-24-21(31-20)32-14-8-13-26-18-11-5-6-12-19(18)30-22(26)27/h5-7,9-12,15H,3-4,8,13-14H2,1-2H3. The predicted octanol–water partition coefficient (Wildman–Crippen LogP) is 3.86. The van der Waals surface area contributed by atoms with Crippen LogP contribution in [0.2, 0.25) is 0 Å². The summed E-state index contributed by atoms with van der Waals surface area (Å²) >= 11 is 1.38. The van der Waals surface area contributed by atoms with Crippen molar-refractivity contribution in [2.75, 3.05) is 18.8 Å². The molecule has 0 aliphatic rings. The van der Waals surface area contributed by atoms with Gasteiger partial charge in [-0.1, -0.05) is 43.8 Å². The Labute approximate surface area is 195 Å². The zero-order valence-electron chi connectivity index (χ0n) is 18.3. The maximum atomic E-state index is 12.8. The molecule has 0 radical (unpaired) electrons. The summed E-state index contributed by atoms with van der Waals surface area (Å²) in [5.41, 5.74) is 1.88. The second kappa shape index (κ2) is 9.94. The molecule has 9 nitrogen and oxygen atoms in total. The van der Waals surface area contributed by atoms with Crippen LogP contribution >= 0.6 is 11.8 Å². The Balaban J connectivity index is 1.40. The van der Waals surface area contributed by atoms with Crippen molar-refractivity contribution in [3.05, 3.63) is 59.1 Å². The Morgan fingerprint density at radius 3 is 2.61 bits per heavy atom. The predicted molar refractivity (Wildman–Crippen MR) is 126 cm³/mol. The van der Waals surface area contributed by atoms with E-state index >= 15 is 0 Å². The molecule has 0 amide bonds. The molecule has 33 heavy (non-hydrogen) atoms. The molecule has 0 spiro atoms. The van der Waals surface area contributed by atoms with Gasteiger partial charge >= 0.3 is 5.76 Å². The van der Waals surface area contributed by atoms with E-state index in [1.807, 2.05) is 18.2 Å². The first-order chi connectivity index (χ1) is 15.9. The Bertz CT molecular complexity index is 1400. The van der Waals surface area contributed by atoms with Crippen LogP contribution in [0.15, 0.2) is 72.3 Å². The highest BCUT2D eigenvalue weighted by Crippen LogP contribution is 2.26. The summed E-state index contributed by atoms with van der Waals surface area (Å²) in [6.45, 7) is 4.90. The molecule has 0 saturated carbocycles. The highest BCUT2D eigenvalue weighted by Gasteiger charge is 2.22. The van der Waals surface area contributed by atoms with Gasteiger partial charge in [-0.2, -0.15) is 4.31 Å². The van der Waals surface area contributed by atoms with Gasteiger partial charge in [0.2, 0.25) is 15.9 Å². The summed E-state index contributed by atoms with van der Waals surface area (Å²) in [4.78, 5) is 12.2. The lowest BCUT2D eigenvalue weighted by Gasteiger charge is -2.18. The van der Waals surface area contributed by atoms with E-state index in [4.69, 9.17) is 8.83 Å². The number of sulfonamides is 1. The van der Waals surface area contributed by atoms with Crippen molar-refractivity contribution < 1.29 is 17.3 Å². The smallest absolute Gasteiger partial charge is 0.411 e. The summed E-state index contributed by atoms with van der Waals surface area (Å²) in [5.74, 6) is 0.538. The fraction of sp³-hybridized carbons (Fsp3) is 0.318. The Morgan fingerprint density at radius 2 is 1.82 bits per heavy atom. The van der Waals surface area contributed by atoms with E-state index < -0.39 is 10.0 Å². The van der Waals surface area contributed by atoms with Crippen LogP contribution in [0.1, 0.15) is 20.3 Å². The molecular formula is C22H24N4O5S2. The molecule has 0 bridgehead atoms. The lowest BCUT2D eigenvalue weighted by molar-refractivity contribution is 0.445. The molecule has 0 unspecified atom stereocenters. The molecule has 4 rings (SSSR count). The van der Waals surface area contributed by atoms with E-state index in [1.165, 1.54) is 16.1 Å². The maximum Gasteiger partial charge on any atom is 0.419 e. The summed E-state index contributed by atoms with van der Waals surface area (Å²) < 4.78 is 39.5. The van der Waals surface area contributed by atoms with Gasteiger partial charge < -0.3 is 8.83 Å². The number of benzene rings is 2. The highest BCUT2D eigenvalue weighted by atomic mass is 32.2. The van der Waals surface area contributed by atoms with Crippen LogP contribution in [0, 0.1) is 0 Å². The van der Waals surface area contributed by atoms with Crippen molar-refractivity contribution in [2.24, 2.45) is 0 Å². The molecule has 2 aromatic carbocycles. The first-order valence-electron chi connectivity index (χ1n) is 10.6. The topological polar surface area (TPSA) is 111 Å². The fourth-order valence-electron chi connectivity index (χ4n) is 3.49. The summed E-state index contributed by atoms with van der Waals surface area (Å²) in [6.07, 6.45) is 0.698. The molecular weight excluding hydrogens is 464 g/mol. The molecule has 174 valence electrons. The SMILES string of the molecule is CCN(CC)S(=O)(=O)c1cccc(-c2nnc(SCCCn3c(=O)oc4ccccc43)o2)c1. The third-order valence-electron chi connectivity index (χ3n) is 5.16. The van der Waals surface area contributed by atoms with E-state index in [0.29, 0.717) is 48.2 Å². The number of para-hydroxylation sites is 2. The highest BCUT2D eigenvalue weighted by molar-refractivity contribution is 7.99. The average molecular weight is 489 g/mol. The van der Waals surface area contributed by atoms with Gasteiger partial charge in [0.25, 0.3) is 5.22 Å². The Hall–Kier alpha value is -2.89. The molecule has 0 atom stereocenters. The van der Waals surface area contributed by atoms with Crippen LogP contribution in [0.5, 0.6) is 0 Å². The van der Waals surface area contributed by atoms with Crippen LogP contribution < -0.4 is 5.76 Å². The van der Waals surface area contributed by atoms with Crippen molar-refractivity contribution in [3.63, 3.8) is 0 Å². The lowest BCUT2D eigenvalue weighted by atomic mass is 10.2. The lowest BCUT2D eigenvalue weighted by Crippen LogP contribution is -2.30. The molecule has 0 fully saturated rings. The minimum absolute atomic E-state index is 0.189. The van der Waals surface area contributed by atoms with Gasteiger partial charge in [-0.15, -0.1) is 10.2 Å². The van der Waals surface area contributed by atoms with E-state index in [2.05, 4.69) is 10.2 Å². The van der Waals surface area contributed by atoms with Crippen LogP contribution in [-0.2, 0) is 16.6 Å². The van der Waals surface area contributed by atoms with Gasteiger partial charge in [0.15, 0.2) is 5.58 Å². The van der Waals surface area contributed by atoms with Crippen molar-refractivity contribution >= 4 is 32.9 Å². The second-order valence-corrected chi connectivity index (χ2v) is 10.2. The molecule has 0 aliphatic heterocycles. The van der Waals surface area contributed by atoms with E-state index in [-0.39, 0.29) is 16.5 Å². The normalized spacial score (nSPS) is 12.1. The number of hydrogen-bond acceptors (Lipinski definition) is 8. The fourth-order valence-corrected chi connectivity index (χ4v) is 5.68.